The van der Waals surface area contributed by atoms with Crippen LogP contribution < -0.4 is 10.1 Å². The topological polar surface area (TPSA) is 54.5 Å². The van der Waals surface area contributed by atoms with Gasteiger partial charge in [-0.3, -0.25) is 15.0 Å². The Hall–Kier alpha value is -2.70. The maximum Gasteiger partial charge on any atom is 0.264 e. The van der Waals surface area contributed by atoms with E-state index in [0.29, 0.717) is 5.13 Å². The first-order valence-corrected chi connectivity index (χ1v) is 10.8. The molecule has 0 bridgehead atoms. The predicted octanol–water partition coefficient (Wildman–Crippen LogP) is 4.28. The highest BCUT2D eigenvalue weighted by atomic mass is 32.1. The Kier molecular flexibility index (Phi) is 6.22. The number of fused-ring (bicyclic) bond motifs is 1. The summed E-state index contributed by atoms with van der Waals surface area (Å²) in [4.78, 5) is 20.6. The van der Waals surface area contributed by atoms with Gasteiger partial charge in [0.25, 0.3) is 5.91 Å². The molecular formula is C23H25N3O2S. The van der Waals surface area contributed by atoms with Crippen LogP contribution in [0.1, 0.15) is 28.6 Å². The number of carbonyl (C=O) groups is 1. The number of nitrogens with zero attached hydrogens (tertiary/aromatic N) is 2. The van der Waals surface area contributed by atoms with Gasteiger partial charge in [0.15, 0.2) is 11.7 Å². The zero-order chi connectivity index (χ0) is 20.1. The zero-order valence-corrected chi connectivity index (χ0v) is 17.4. The molecule has 5 nitrogen and oxygen atoms in total. The van der Waals surface area contributed by atoms with E-state index in [9.17, 15) is 4.79 Å². The Bertz CT molecular complexity index is 971. The Morgan fingerprint density at radius 3 is 2.79 bits per heavy atom. The van der Waals surface area contributed by atoms with E-state index in [0.717, 1.165) is 49.5 Å². The number of benzene rings is 2. The van der Waals surface area contributed by atoms with Crippen molar-refractivity contribution in [1.82, 2.24) is 9.88 Å². The summed E-state index contributed by atoms with van der Waals surface area (Å²) in [5.74, 6) is 0.586. The summed E-state index contributed by atoms with van der Waals surface area (Å²) >= 11 is 1.57. The quantitative estimate of drug-likeness (QED) is 0.635. The maximum absolute atomic E-state index is 12.3. The number of hydrogen-bond acceptors (Lipinski definition) is 5. The van der Waals surface area contributed by atoms with Crippen LogP contribution in [0.2, 0.25) is 0 Å². The van der Waals surface area contributed by atoms with E-state index in [-0.39, 0.29) is 12.5 Å². The van der Waals surface area contributed by atoms with Crippen molar-refractivity contribution in [3.8, 4) is 5.75 Å². The van der Waals surface area contributed by atoms with Gasteiger partial charge < -0.3 is 4.74 Å². The van der Waals surface area contributed by atoms with Crippen molar-refractivity contribution in [3.63, 3.8) is 0 Å². The van der Waals surface area contributed by atoms with Gasteiger partial charge in [-0.2, -0.15) is 0 Å². The number of aromatic nitrogens is 1. The van der Waals surface area contributed by atoms with E-state index in [1.165, 1.54) is 10.4 Å². The summed E-state index contributed by atoms with van der Waals surface area (Å²) in [6.45, 7) is 4.85. The first-order valence-electron chi connectivity index (χ1n) is 9.96. The fourth-order valence-electron chi connectivity index (χ4n) is 3.51. The Morgan fingerprint density at radius 1 is 1.17 bits per heavy atom. The molecule has 1 N–H and O–H groups in total. The molecule has 0 saturated heterocycles. The van der Waals surface area contributed by atoms with Gasteiger partial charge in [-0.25, -0.2) is 4.98 Å². The normalized spacial score (nSPS) is 13.7. The highest BCUT2D eigenvalue weighted by Gasteiger charge is 2.21. The van der Waals surface area contributed by atoms with Crippen molar-refractivity contribution in [2.75, 3.05) is 18.5 Å². The van der Waals surface area contributed by atoms with Gasteiger partial charge in [0, 0.05) is 30.9 Å². The van der Waals surface area contributed by atoms with E-state index < -0.39 is 0 Å². The van der Waals surface area contributed by atoms with E-state index >= 15 is 0 Å². The largest absolute Gasteiger partial charge is 0.483 e. The van der Waals surface area contributed by atoms with Crippen LogP contribution >= 0.6 is 11.3 Å². The number of amides is 1. The molecule has 0 aliphatic carbocycles. The molecule has 6 heteroatoms. The number of carbonyl (C=O) groups excluding carboxylic acids is 1. The van der Waals surface area contributed by atoms with Crippen molar-refractivity contribution in [2.24, 2.45) is 0 Å². The first-order chi connectivity index (χ1) is 14.2. The third-order valence-corrected chi connectivity index (χ3v) is 6.02. The number of aryl methyl sites for hydroxylation is 1. The predicted molar refractivity (Wildman–Crippen MR) is 116 cm³/mol. The molecule has 3 aromatic rings. The lowest BCUT2D eigenvalue weighted by Gasteiger charge is -2.25. The fraction of sp³-hybridized carbons (Fsp3) is 0.304. The fourth-order valence-corrected chi connectivity index (χ4v) is 4.58. The number of rotatable bonds is 7. The molecule has 2 aromatic carbocycles. The van der Waals surface area contributed by atoms with Crippen molar-refractivity contribution in [2.45, 2.75) is 32.9 Å². The Balaban J connectivity index is 1.32. The molecular weight excluding hydrogens is 382 g/mol. The minimum atomic E-state index is -0.178. The van der Waals surface area contributed by atoms with Gasteiger partial charge in [0.2, 0.25) is 0 Å². The van der Waals surface area contributed by atoms with E-state index in [1.807, 2.05) is 30.3 Å². The molecule has 1 aliphatic heterocycles. The molecule has 0 fully saturated rings. The molecule has 0 radical (unpaired) electrons. The van der Waals surface area contributed by atoms with Gasteiger partial charge in [0.05, 0.1) is 5.69 Å². The van der Waals surface area contributed by atoms with Crippen LogP contribution in [0.3, 0.4) is 0 Å². The lowest BCUT2D eigenvalue weighted by molar-refractivity contribution is -0.118. The van der Waals surface area contributed by atoms with Gasteiger partial charge in [-0.15, -0.1) is 11.3 Å². The molecule has 1 aromatic heterocycles. The van der Waals surface area contributed by atoms with Crippen molar-refractivity contribution < 1.29 is 9.53 Å². The lowest BCUT2D eigenvalue weighted by atomic mass is 10.1. The summed E-state index contributed by atoms with van der Waals surface area (Å²) in [6.07, 6.45) is 1.78. The molecule has 1 aliphatic rings. The van der Waals surface area contributed by atoms with Crippen LogP contribution in [-0.2, 0) is 30.7 Å². The van der Waals surface area contributed by atoms with E-state index in [1.54, 1.807) is 11.3 Å². The van der Waals surface area contributed by atoms with Gasteiger partial charge >= 0.3 is 0 Å². The number of nitrogens with one attached hydrogen (secondary N) is 1. The smallest absolute Gasteiger partial charge is 0.264 e. The zero-order valence-electron chi connectivity index (χ0n) is 16.6. The van der Waals surface area contributed by atoms with Crippen LogP contribution in [-0.4, -0.2) is 28.9 Å². The lowest BCUT2D eigenvalue weighted by Crippen LogP contribution is -2.29. The minimum absolute atomic E-state index is 0.0125. The maximum atomic E-state index is 12.3. The van der Waals surface area contributed by atoms with Gasteiger partial charge in [-0.05, 0) is 23.6 Å². The van der Waals surface area contributed by atoms with Crippen LogP contribution in [0.25, 0.3) is 0 Å². The molecule has 2 heterocycles. The second kappa shape index (κ2) is 9.20. The minimum Gasteiger partial charge on any atom is -0.483 e. The number of thiazole rings is 1. The van der Waals surface area contributed by atoms with Crippen LogP contribution in [0.4, 0.5) is 5.13 Å². The molecule has 0 atom stereocenters. The van der Waals surface area contributed by atoms with Crippen LogP contribution in [0.5, 0.6) is 5.75 Å². The number of ether oxygens (including phenoxy) is 1. The number of anilines is 1. The second-order valence-electron chi connectivity index (χ2n) is 7.13. The van der Waals surface area contributed by atoms with Crippen LogP contribution in [0, 0.1) is 0 Å². The number of para-hydroxylation sites is 1. The van der Waals surface area contributed by atoms with Crippen molar-refractivity contribution in [3.05, 3.63) is 76.3 Å². The Labute approximate surface area is 175 Å². The third-order valence-electron chi connectivity index (χ3n) is 5.02. The van der Waals surface area contributed by atoms with E-state index in [2.05, 4.69) is 46.4 Å². The highest BCUT2D eigenvalue weighted by molar-refractivity contribution is 7.15. The summed E-state index contributed by atoms with van der Waals surface area (Å²) in [5, 5.41) is 3.56. The molecule has 0 saturated carbocycles. The molecule has 0 unspecified atom stereocenters. The Morgan fingerprint density at radius 2 is 1.97 bits per heavy atom. The van der Waals surface area contributed by atoms with Crippen molar-refractivity contribution in [1.29, 1.82) is 0 Å². The first kappa shape index (κ1) is 19.6. The average molecular weight is 408 g/mol. The molecule has 150 valence electrons. The average Bonchev–Trinajstić information content (AvgIpc) is 3.14. The summed E-state index contributed by atoms with van der Waals surface area (Å²) in [5.41, 5.74) is 3.52. The monoisotopic (exact) mass is 407 g/mol. The van der Waals surface area contributed by atoms with E-state index in [4.69, 9.17) is 4.74 Å². The van der Waals surface area contributed by atoms with Crippen LogP contribution in [0.15, 0.2) is 54.6 Å². The summed E-state index contributed by atoms with van der Waals surface area (Å²) < 4.78 is 5.70. The SMILES string of the molecule is CCc1ccccc1OCC(=O)Nc1nc2c(s1)CN(Cc1ccccc1)CC2. The molecule has 4 rings (SSSR count). The molecule has 1 amide bonds. The molecule has 29 heavy (non-hydrogen) atoms. The van der Waals surface area contributed by atoms with Crippen molar-refractivity contribution >= 4 is 22.4 Å². The molecule has 0 spiro atoms. The van der Waals surface area contributed by atoms with Gasteiger partial charge in [0.1, 0.15) is 5.75 Å². The van der Waals surface area contributed by atoms with Gasteiger partial charge in [-0.1, -0.05) is 55.5 Å². The second-order valence-corrected chi connectivity index (χ2v) is 8.22. The summed E-state index contributed by atoms with van der Waals surface area (Å²) in [6, 6.07) is 18.3. The number of hydrogen-bond donors (Lipinski definition) is 1. The highest BCUT2D eigenvalue weighted by Crippen LogP contribution is 2.29. The standard InChI is InChI=1S/C23H25N3O2S/c1-2-18-10-6-7-11-20(18)28-16-22(27)25-23-24-19-12-13-26(15-21(19)29-23)14-17-8-4-3-5-9-17/h3-11H,2,12-16H2,1H3,(H,24,25,27). The summed E-state index contributed by atoms with van der Waals surface area (Å²) in [7, 11) is 0. The third kappa shape index (κ3) is 5.02.